The number of nitrogens with zero attached hydrogens (tertiary/aromatic N) is 2. The Labute approximate surface area is 64.0 Å². The van der Waals surface area contributed by atoms with Crippen molar-refractivity contribution in [1.29, 1.82) is 0 Å². The lowest BCUT2D eigenvalue weighted by Gasteiger charge is -2.01. The fraction of sp³-hybridized carbons (Fsp3) is 0.667. The van der Waals surface area contributed by atoms with Gasteiger partial charge in [0.25, 0.3) is 0 Å². The average Bonchev–Trinajstić information content (AvgIpc) is 2.31. The molecule has 0 saturated heterocycles. The van der Waals surface area contributed by atoms with E-state index < -0.39 is 5.76 Å². The largest absolute Gasteiger partial charge is 0.436 e. The van der Waals surface area contributed by atoms with Crippen LogP contribution in [0, 0.1) is 0 Å². The zero-order valence-corrected chi connectivity index (χ0v) is 6.79. The van der Waals surface area contributed by atoms with Gasteiger partial charge in [-0.1, -0.05) is 0 Å². The maximum Gasteiger partial charge on any atom is 0.436 e. The van der Waals surface area contributed by atoms with Crippen molar-refractivity contribution >= 4 is 0 Å². The summed E-state index contributed by atoms with van der Waals surface area (Å²) < 4.78 is 5.97. The predicted octanol–water partition coefficient (Wildman–Crippen LogP) is -0.346. The third-order valence-electron chi connectivity index (χ3n) is 1.51. The Morgan fingerprint density at radius 2 is 2.36 bits per heavy atom. The molecule has 0 aliphatic carbocycles. The molecule has 1 aromatic rings. The average molecular weight is 157 g/mol. The summed E-state index contributed by atoms with van der Waals surface area (Å²) in [5.41, 5.74) is 0. The van der Waals surface area contributed by atoms with Crippen LogP contribution in [0.25, 0.3) is 0 Å². The number of aryl methyl sites for hydroxylation is 1. The van der Waals surface area contributed by atoms with Crippen LogP contribution in [0.4, 0.5) is 0 Å². The normalized spacial score (nSPS) is 13.4. The van der Waals surface area contributed by atoms with Crippen LogP contribution < -0.4 is 11.1 Å². The first kappa shape index (κ1) is 8.00. The summed E-state index contributed by atoms with van der Waals surface area (Å²) >= 11 is 0. The van der Waals surface area contributed by atoms with Crippen molar-refractivity contribution in [2.75, 3.05) is 7.05 Å². The van der Waals surface area contributed by atoms with Gasteiger partial charge in [0.15, 0.2) is 0 Å². The highest BCUT2D eigenvalue weighted by Crippen LogP contribution is 2.03. The summed E-state index contributed by atoms with van der Waals surface area (Å²) in [5, 5.41) is 6.77. The number of aromatic nitrogens is 2. The van der Waals surface area contributed by atoms with Crippen molar-refractivity contribution in [1.82, 2.24) is 15.1 Å². The highest BCUT2D eigenvalue weighted by atomic mass is 16.4. The van der Waals surface area contributed by atoms with Crippen LogP contribution in [-0.4, -0.2) is 16.8 Å². The van der Waals surface area contributed by atoms with Gasteiger partial charge in [0.05, 0.1) is 6.04 Å². The topological polar surface area (TPSA) is 60.1 Å². The van der Waals surface area contributed by atoms with Crippen molar-refractivity contribution in [2.24, 2.45) is 7.05 Å². The molecule has 1 aromatic heterocycles. The number of nitrogens with one attached hydrogen (secondary N) is 1. The minimum atomic E-state index is -0.429. The van der Waals surface area contributed by atoms with E-state index in [1.54, 1.807) is 14.1 Å². The van der Waals surface area contributed by atoms with Gasteiger partial charge in [0, 0.05) is 7.05 Å². The fourth-order valence-corrected chi connectivity index (χ4v) is 0.663. The van der Waals surface area contributed by atoms with E-state index in [2.05, 4.69) is 10.4 Å². The summed E-state index contributed by atoms with van der Waals surface area (Å²) in [6.45, 7) is 1.87. The second kappa shape index (κ2) is 2.87. The van der Waals surface area contributed by atoms with Crippen LogP contribution in [0.2, 0.25) is 0 Å². The van der Waals surface area contributed by atoms with E-state index in [0.717, 1.165) is 0 Å². The van der Waals surface area contributed by atoms with Crippen LogP contribution in [0.5, 0.6) is 0 Å². The Balaban J connectivity index is 2.97. The number of hydrogen-bond acceptors (Lipinski definition) is 4. The minimum Gasteiger partial charge on any atom is -0.391 e. The Hall–Kier alpha value is -1.10. The molecule has 0 aliphatic heterocycles. The van der Waals surface area contributed by atoms with Crippen molar-refractivity contribution in [3.63, 3.8) is 0 Å². The summed E-state index contributed by atoms with van der Waals surface area (Å²) in [6, 6.07) is -0.0242. The monoisotopic (exact) mass is 157 g/mol. The molecule has 1 atom stereocenters. The van der Waals surface area contributed by atoms with Gasteiger partial charge < -0.3 is 9.73 Å². The second-order valence-electron chi connectivity index (χ2n) is 2.34. The second-order valence-corrected chi connectivity index (χ2v) is 2.34. The maximum atomic E-state index is 10.8. The molecule has 5 heteroatoms. The van der Waals surface area contributed by atoms with E-state index in [-0.39, 0.29) is 6.04 Å². The SMILES string of the molecule is CNC(C)c1nn(C)c(=O)o1. The lowest BCUT2D eigenvalue weighted by Crippen LogP contribution is -2.13. The molecule has 11 heavy (non-hydrogen) atoms. The number of hydrogen-bond donors (Lipinski definition) is 1. The Kier molecular flexibility index (Phi) is 2.09. The third-order valence-corrected chi connectivity index (χ3v) is 1.51. The van der Waals surface area contributed by atoms with E-state index in [4.69, 9.17) is 4.42 Å². The molecular formula is C6H11N3O2. The molecule has 1 N–H and O–H groups in total. The first-order valence-corrected chi connectivity index (χ1v) is 3.36. The molecule has 0 fully saturated rings. The first-order chi connectivity index (χ1) is 5.15. The molecule has 0 radical (unpaired) electrons. The van der Waals surface area contributed by atoms with E-state index in [1.165, 1.54) is 4.68 Å². The zero-order chi connectivity index (χ0) is 8.43. The minimum absolute atomic E-state index is 0.0242. The molecule has 0 amide bonds. The lowest BCUT2D eigenvalue weighted by molar-refractivity contribution is 0.409. The van der Waals surface area contributed by atoms with E-state index in [1.807, 2.05) is 6.92 Å². The molecule has 0 bridgehead atoms. The molecule has 62 valence electrons. The molecule has 0 spiro atoms. The standard InChI is InChI=1S/C6H11N3O2/c1-4(7-2)5-8-9(3)6(10)11-5/h4,7H,1-3H3. The molecule has 0 saturated carbocycles. The lowest BCUT2D eigenvalue weighted by atomic mass is 10.3. The van der Waals surface area contributed by atoms with Gasteiger partial charge in [0.2, 0.25) is 5.89 Å². The van der Waals surface area contributed by atoms with Crippen LogP contribution >= 0.6 is 0 Å². The molecular weight excluding hydrogens is 146 g/mol. The first-order valence-electron chi connectivity index (χ1n) is 3.36. The van der Waals surface area contributed by atoms with Gasteiger partial charge in [0.1, 0.15) is 0 Å². The summed E-state index contributed by atoms with van der Waals surface area (Å²) in [7, 11) is 3.33. The third kappa shape index (κ3) is 1.48. The molecule has 1 heterocycles. The van der Waals surface area contributed by atoms with Crippen molar-refractivity contribution < 1.29 is 4.42 Å². The van der Waals surface area contributed by atoms with Crippen LogP contribution in [0.15, 0.2) is 9.21 Å². The van der Waals surface area contributed by atoms with E-state index in [0.29, 0.717) is 5.89 Å². The predicted molar refractivity (Wildman–Crippen MR) is 39.2 cm³/mol. The zero-order valence-electron chi connectivity index (χ0n) is 6.79. The van der Waals surface area contributed by atoms with Gasteiger partial charge in [-0.15, -0.1) is 5.10 Å². The summed E-state index contributed by atoms with van der Waals surface area (Å²) in [6.07, 6.45) is 0. The molecule has 1 rings (SSSR count). The van der Waals surface area contributed by atoms with Gasteiger partial charge in [-0.25, -0.2) is 4.79 Å². The molecule has 5 nitrogen and oxygen atoms in total. The van der Waals surface area contributed by atoms with Gasteiger partial charge >= 0.3 is 5.76 Å². The van der Waals surface area contributed by atoms with E-state index in [9.17, 15) is 4.79 Å². The quantitative estimate of drug-likeness (QED) is 0.637. The molecule has 1 unspecified atom stereocenters. The molecule has 0 aromatic carbocycles. The Morgan fingerprint density at radius 1 is 1.73 bits per heavy atom. The van der Waals surface area contributed by atoms with Crippen molar-refractivity contribution in [2.45, 2.75) is 13.0 Å². The smallest absolute Gasteiger partial charge is 0.391 e. The maximum absolute atomic E-state index is 10.8. The molecule has 0 aliphatic rings. The Bertz CT molecular complexity index is 288. The van der Waals surface area contributed by atoms with Crippen molar-refractivity contribution in [3.8, 4) is 0 Å². The fourth-order valence-electron chi connectivity index (χ4n) is 0.663. The number of rotatable bonds is 2. The van der Waals surface area contributed by atoms with Crippen LogP contribution in [0.1, 0.15) is 18.9 Å². The summed E-state index contributed by atoms with van der Waals surface area (Å²) in [5.74, 6) is -0.0119. The highest BCUT2D eigenvalue weighted by molar-refractivity contribution is 4.82. The van der Waals surface area contributed by atoms with Crippen molar-refractivity contribution in [3.05, 3.63) is 16.4 Å². The Morgan fingerprint density at radius 3 is 2.73 bits per heavy atom. The van der Waals surface area contributed by atoms with Gasteiger partial charge in [-0.2, -0.15) is 4.68 Å². The summed E-state index contributed by atoms with van der Waals surface area (Å²) in [4.78, 5) is 10.8. The highest BCUT2D eigenvalue weighted by Gasteiger charge is 2.10. The van der Waals surface area contributed by atoms with Crippen LogP contribution in [0.3, 0.4) is 0 Å². The van der Waals surface area contributed by atoms with Gasteiger partial charge in [-0.3, -0.25) is 0 Å². The van der Waals surface area contributed by atoms with E-state index >= 15 is 0 Å². The van der Waals surface area contributed by atoms with Gasteiger partial charge in [-0.05, 0) is 14.0 Å². The van der Waals surface area contributed by atoms with Crippen LogP contribution in [-0.2, 0) is 7.05 Å².